The van der Waals surface area contributed by atoms with E-state index in [1.54, 1.807) is 23.9 Å². The van der Waals surface area contributed by atoms with E-state index in [-0.39, 0.29) is 23.9 Å². The Labute approximate surface area is 208 Å². The Balaban J connectivity index is 1.92. The first-order valence-electron chi connectivity index (χ1n) is 10.9. The Kier molecular flexibility index (Phi) is 8.51. The number of aromatic nitrogens is 6. The molecule has 1 unspecified atom stereocenters. The van der Waals surface area contributed by atoms with Crippen LogP contribution in [-0.2, 0) is 9.63 Å². The third-order valence-electron chi connectivity index (χ3n) is 4.43. The SMILES string of the molecule is CCOc1nc(Nc2ccccc2Nc2nc(OC(C)C(=O)ON)nc(N(C)C)n2)nc(N(C)C)n1. The normalized spacial score (nSPS) is 11.3. The van der Waals surface area contributed by atoms with Gasteiger partial charge in [-0.1, -0.05) is 12.1 Å². The first kappa shape index (κ1) is 26.1. The number of anilines is 6. The van der Waals surface area contributed by atoms with E-state index < -0.39 is 12.1 Å². The van der Waals surface area contributed by atoms with Crippen LogP contribution in [0.25, 0.3) is 0 Å². The molecule has 0 saturated carbocycles. The van der Waals surface area contributed by atoms with Crippen molar-refractivity contribution in [2.75, 3.05) is 55.2 Å². The molecule has 3 rings (SSSR count). The molecule has 15 nitrogen and oxygen atoms in total. The van der Waals surface area contributed by atoms with E-state index in [1.165, 1.54) is 6.92 Å². The number of para-hydroxylation sites is 2. The Morgan fingerprint density at radius 1 is 0.889 bits per heavy atom. The largest absolute Gasteiger partial charge is 0.464 e. The van der Waals surface area contributed by atoms with Crippen molar-refractivity contribution in [2.24, 2.45) is 5.90 Å². The Morgan fingerprint density at radius 3 is 1.86 bits per heavy atom. The van der Waals surface area contributed by atoms with Gasteiger partial charge in [0.05, 0.1) is 18.0 Å². The molecule has 4 N–H and O–H groups in total. The maximum Gasteiger partial charge on any atom is 0.365 e. The summed E-state index contributed by atoms with van der Waals surface area (Å²) in [6.07, 6.45) is -1.02. The Bertz CT molecular complexity index is 1190. The summed E-state index contributed by atoms with van der Waals surface area (Å²) in [5.41, 5.74) is 1.24. The molecule has 0 aliphatic carbocycles. The van der Waals surface area contributed by atoms with Crippen molar-refractivity contribution in [3.05, 3.63) is 24.3 Å². The minimum Gasteiger partial charge on any atom is -0.464 e. The standard InChI is InChI=1S/C21H29N11O4/c1-7-34-20-27-16(25-18(29-20)31(3)4)23-13-10-8-9-11-14(13)24-17-26-19(32(5)6)30-21(28-17)35-12(2)15(33)36-22/h8-12H,7,22H2,1-6H3,(H,23,25,27,29)(H,24,26,28,30). The Morgan fingerprint density at radius 2 is 1.39 bits per heavy atom. The van der Waals surface area contributed by atoms with E-state index in [0.29, 0.717) is 29.9 Å². The molecule has 0 fully saturated rings. The molecule has 0 saturated heterocycles. The van der Waals surface area contributed by atoms with Gasteiger partial charge in [-0.15, -0.1) is 0 Å². The van der Waals surface area contributed by atoms with Crippen molar-refractivity contribution >= 4 is 41.1 Å². The number of benzene rings is 1. The van der Waals surface area contributed by atoms with Gasteiger partial charge in [-0.3, -0.25) is 0 Å². The molecular formula is C21H29N11O4. The zero-order chi connectivity index (χ0) is 26.2. The molecule has 1 atom stereocenters. The molecule has 0 radical (unpaired) electrons. The number of nitrogens with zero attached hydrogens (tertiary/aromatic N) is 8. The van der Waals surface area contributed by atoms with Gasteiger partial charge >= 0.3 is 18.0 Å². The summed E-state index contributed by atoms with van der Waals surface area (Å²) in [4.78, 5) is 45.2. The third-order valence-corrected chi connectivity index (χ3v) is 4.43. The smallest absolute Gasteiger partial charge is 0.365 e. The summed E-state index contributed by atoms with van der Waals surface area (Å²) in [5, 5.41) is 6.31. The second kappa shape index (κ2) is 11.7. The molecule has 0 aliphatic rings. The van der Waals surface area contributed by atoms with Crippen LogP contribution in [0.2, 0.25) is 0 Å². The fourth-order valence-corrected chi connectivity index (χ4v) is 2.69. The second-order valence-electron chi connectivity index (χ2n) is 7.70. The van der Waals surface area contributed by atoms with Gasteiger partial charge in [-0.05, 0) is 26.0 Å². The van der Waals surface area contributed by atoms with Crippen molar-refractivity contribution in [1.29, 1.82) is 0 Å². The molecule has 1 aromatic carbocycles. The average molecular weight is 500 g/mol. The minimum atomic E-state index is -1.02. The quantitative estimate of drug-likeness (QED) is 0.321. The molecule has 0 spiro atoms. The highest BCUT2D eigenvalue weighted by atomic mass is 16.7. The van der Waals surface area contributed by atoms with E-state index in [4.69, 9.17) is 15.4 Å². The molecule has 0 aliphatic heterocycles. The van der Waals surface area contributed by atoms with Crippen LogP contribution in [0.4, 0.5) is 35.2 Å². The molecule has 3 aromatic rings. The van der Waals surface area contributed by atoms with Crippen LogP contribution >= 0.6 is 0 Å². The molecular weight excluding hydrogens is 470 g/mol. The first-order valence-corrected chi connectivity index (χ1v) is 10.9. The summed E-state index contributed by atoms with van der Waals surface area (Å²) in [5.74, 6) is 5.35. The van der Waals surface area contributed by atoms with E-state index in [2.05, 4.69) is 45.4 Å². The van der Waals surface area contributed by atoms with Crippen LogP contribution in [0.15, 0.2) is 24.3 Å². The number of nitrogens with two attached hydrogens (primary N) is 1. The lowest BCUT2D eigenvalue weighted by Crippen LogP contribution is -2.29. The topological polar surface area (TPSA) is 179 Å². The highest BCUT2D eigenvalue weighted by Gasteiger charge is 2.19. The number of carbonyl (C=O) groups excluding carboxylic acids is 1. The summed E-state index contributed by atoms with van der Waals surface area (Å²) < 4.78 is 11.0. The number of rotatable bonds is 11. The first-order chi connectivity index (χ1) is 17.2. The fraction of sp³-hybridized carbons (Fsp3) is 0.381. The Hall–Kier alpha value is -4.53. The molecule has 0 bridgehead atoms. The molecule has 2 heterocycles. The minimum absolute atomic E-state index is 0.0889. The molecule has 2 aromatic heterocycles. The number of hydrogen-bond donors (Lipinski definition) is 3. The molecule has 15 heteroatoms. The second-order valence-corrected chi connectivity index (χ2v) is 7.70. The zero-order valence-corrected chi connectivity index (χ0v) is 20.9. The van der Waals surface area contributed by atoms with Crippen LogP contribution in [0.1, 0.15) is 13.8 Å². The summed E-state index contributed by atoms with van der Waals surface area (Å²) in [7, 11) is 7.16. The van der Waals surface area contributed by atoms with Crippen molar-refractivity contribution < 1.29 is 19.1 Å². The fourth-order valence-electron chi connectivity index (χ4n) is 2.69. The number of carbonyl (C=O) groups is 1. The van der Waals surface area contributed by atoms with E-state index in [0.717, 1.165) is 0 Å². The van der Waals surface area contributed by atoms with Gasteiger partial charge in [-0.2, -0.15) is 35.8 Å². The van der Waals surface area contributed by atoms with Gasteiger partial charge in [0.15, 0.2) is 6.10 Å². The third kappa shape index (κ3) is 6.75. The maximum absolute atomic E-state index is 11.7. The van der Waals surface area contributed by atoms with E-state index >= 15 is 0 Å². The van der Waals surface area contributed by atoms with Crippen molar-refractivity contribution in [3.8, 4) is 12.0 Å². The van der Waals surface area contributed by atoms with Crippen molar-refractivity contribution in [3.63, 3.8) is 0 Å². The predicted octanol–water partition coefficient (Wildman–Crippen LogP) is 1.26. The van der Waals surface area contributed by atoms with Crippen molar-refractivity contribution in [1.82, 2.24) is 29.9 Å². The molecule has 0 amide bonds. The van der Waals surface area contributed by atoms with Crippen molar-refractivity contribution in [2.45, 2.75) is 20.0 Å². The monoisotopic (exact) mass is 499 g/mol. The summed E-state index contributed by atoms with van der Waals surface area (Å²) >= 11 is 0. The van der Waals surface area contributed by atoms with Gasteiger partial charge in [0.25, 0.3) is 0 Å². The van der Waals surface area contributed by atoms with Gasteiger partial charge < -0.3 is 34.7 Å². The lowest BCUT2D eigenvalue weighted by molar-refractivity contribution is -0.151. The lowest BCUT2D eigenvalue weighted by atomic mass is 10.2. The van der Waals surface area contributed by atoms with E-state index in [1.807, 2.05) is 45.3 Å². The van der Waals surface area contributed by atoms with Crippen LogP contribution < -0.4 is 35.8 Å². The van der Waals surface area contributed by atoms with Crippen LogP contribution in [0.5, 0.6) is 12.0 Å². The highest BCUT2D eigenvalue weighted by Crippen LogP contribution is 2.28. The van der Waals surface area contributed by atoms with Gasteiger partial charge in [0.1, 0.15) is 0 Å². The van der Waals surface area contributed by atoms with E-state index in [9.17, 15) is 4.79 Å². The van der Waals surface area contributed by atoms with Crippen LogP contribution in [0, 0.1) is 0 Å². The number of hydrogen-bond acceptors (Lipinski definition) is 15. The summed E-state index contributed by atoms with van der Waals surface area (Å²) in [6, 6.07) is 7.43. The number of ether oxygens (including phenoxy) is 2. The lowest BCUT2D eigenvalue weighted by Gasteiger charge is -2.17. The average Bonchev–Trinajstić information content (AvgIpc) is 2.84. The van der Waals surface area contributed by atoms with Gasteiger partial charge in [-0.25, -0.2) is 4.79 Å². The van der Waals surface area contributed by atoms with Gasteiger partial charge in [0.2, 0.25) is 23.8 Å². The molecule has 192 valence electrons. The van der Waals surface area contributed by atoms with Gasteiger partial charge in [0, 0.05) is 28.2 Å². The zero-order valence-electron chi connectivity index (χ0n) is 20.9. The summed E-state index contributed by atoms with van der Waals surface area (Å²) in [6.45, 7) is 3.72. The maximum atomic E-state index is 11.7. The molecule has 36 heavy (non-hydrogen) atoms. The highest BCUT2D eigenvalue weighted by molar-refractivity contribution is 5.76. The van der Waals surface area contributed by atoms with Crippen LogP contribution in [-0.4, -0.2) is 76.8 Å². The predicted molar refractivity (Wildman–Crippen MR) is 133 cm³/mol. The van der Waals surface area contributed by atoms with Crippen LogP contribution in [0.3, 0.4) is 0 Å². The number of nitrogens with one attached hydrogen (secondary N) is 2.